The normalized spacial score (nSPS) is 25.0. The van der Waals surface area contributed by atoms with E-state index in [1.807, 2.05) is 13.8 Å². The Balaban J connectivity index is 1.29. The molecule has 1 amide bonds. The summed E-state index contributed by atoms with van der Waals surface area (Å²) in [6.45, 7) is 4.23. The molecule has 1 aromatic carbocycles. The molecule has 1 aromatic heterocycles. The van der Waals surface area contributed by atoms with Crippen LogP contribution in [0.5, 0.6) is 0 Å². The number of nitrogens with zero attached hydrogens (tertiary/aromatic N) is 1. The van der Waals surface area contributed by atoms with Gasteiger partial charge in [-0.3, -0.25) is 9.59 Å². The van der Waals surface area contributed by atoms with Crippen LogP contribution in [0, 0.1) is 17.2 Å². The number of carbonyl (C=O) groups excluding carboxylic acids is 2. The Kier molecular flexibility index (Phi) is 7.17. The van der Waals surface area contributed by atoms with Crippen molar-refractivity contribution in [1.29, 1.82) is 0 Å². The number of halogens is 1. The van der Waals surface area contributed by atoms with Gasteiger partial charge in [0.25, 0.3) is 5.91 Å². The number of rotatable bonds is 6. The van der Waals surface area contributed by atoms with Crippen LogP contribution in [0.4, 0.5) is 10.1 Å². The van der Waals surface area contributed by atoms with E-state index in [0.29, 0.717) is 59.6 Å². The molecule has 0 atom stereocenters. The monoisotopic (exact) mass is 587 g/mol. The van der Waals surface area contributed by atoms with Gasteiger partial charge in [-0.15, -0.1) is 0 Å². The summed E-state index contributed by atoms with van der Waals surface area (Å²) in [4.78, 5) is 25.1. The van der Waals surface area contributed by atoms with Crippen LogP contribution in [0.1, 0.15) is 92.5 Å². The molecule has 2 aliphatic carbocycles. The number of hydrogen-bond acceptors (Lipinski definition) is 7. The van der Waals surface area contributed by atoms with Gasteiger partial charge in [0.2, 0.25) is 0 Å². The van der Waals surface area contributed by atoms with Crippen molar-refractivity contribution in [3.8, 4) is 5.69 Å². The standard InChI is InChI=1S/C30H38FN3O6S/c1-30(2)13-24-27(41(37,38)16-30)21-14-39-15-25(21)34(24)19-11-22(31)26(28(32)35)23(12-19)33-18-7-9-20(10-8-18)40-29(36)17-5-3-4-6-17/h11-12,17-18,20,33H,3-10,13-16H2,1-2H3,(H2,32,35). The molecule has 2 saturated carbocycles. The molecule has 0 bridgehead atoms. The minimum atomic E-state index is -3.57. The molecule has 0 radical (unpaired) electrons. The highest BCUT2D eigenvalue weighted by molar-refractivity contribution is 7.91. The van der Waals surface area contributed by atoms with Gasteiger partial charge >= 0.3 is 5.97 Å². The lowest BCUT2D eigenvalue weighted by molar-refractivity contribution is -0.155. The van der Waals surface area contributed by atoms with E-state index in [9.17, 15) is 18.0 Å². The highest BCUT2D eigenvalue weighted by Gasteiger charge is 2.43. The highest BCUT2D eigenvalue weighted by atomic mass is 32.2. The van der Waals surface area contributed by atoms with Crippen molar-refractivity contribution in [1.82, 2.24) is 4.57 Å². The van der Waals surface area contributed by atoms with E-state index in [4.69, 9.17) is 15.2 Å². The second-order valence-electron chi connectivity index (χ2n) is 12.9. The number of amides is 1. The Morgan fingerprint density at radius 3 is 2.46 bits per heavy atom. The maximum absolute atomic E-state index is 15.6. The van der Waals surface area contributed by atoms with Crippen molar-refractivity contribution >= 4 is 27.4 Å². The second kappa shape index (κ2) is 10.4. The molecule has 11 heteroatoms. The topological polar surface area (TPSA) is 130 Å². The Morgan fingerprint density at radius 2 is 1.78 bits per heavy atom. The third kappa shape index (κ3) is 5.27. The molecule has 3 N–H and O–H groups in total. The molecule has 3 heterocycles. The summed E-state index contributed by atoms with van der Waals surface area (Å²) < 4.78 is 55.5. The molecule has 0 saturated heterocycles. The van der Waals surface area contributed by atoms with Gasteiger partial charge in [-0.1, -0.05) is 26.7 Å². The lowest BCUT2D eigenvalue weighted by Crippen LogP contribution is -2.33. The lowest BCUT2D eigenvalue weighted by atomic mass is 9.89. The molecule has 222 valence electrons. The number of nitrogens with one attached hydrogen (secondary N) is 1. The number of anilines is 1. The number of carbonyl (C=O) groups is 2. The molecular weight excluding hydrogens is 549 g/mol. The molecule has 6 rings (SSSR count). The lowest BCUT2D eigenvalue weighted by Gasteiger charge is -2.32. The number of ether oxygens (including phenoxy) is 2. The number of fused-ring (bicyclic) bond motifs is 3. The Labute approximate surface area is 239 Å². The van der Waals surface area contributed by atoms with E-state index in [0.717, 1.165) is 25.7 Å². The van der Waals surface area contributed by atoms with Gasteiger partial charge in [0, 0.05) is 17.3 Å². The highest BCUT2D eigenvalue weighted by Crippen LogP contribution is 2.44. The summed E-state index contributed by atoms with van der Waals surface area (Å²) in [5.41, 5.74) is 7.53. The van der Waals surface area contributed by atoms with E-state index in [1.165, 1.54) is 6.07 Å². The third-order valence-electron chi connectivity index (χ3n) is 9.03. The van der Waals surface area contributed by atoms with Crippen LogP contribution in [0.15, 0.2) is 17.0 Å². The van der Waals surface area contributed by atoms with Crippen LogP contribution in [0.25, 0.3) is 5.69 Å². The molecule has 9 nitrogen and oxygen atoms in total. The van der Waals surface area contributed by atoms with E-state index in [-0.39, 0.29) is 54.3 Å². The van der Waals surface area contributed by atoms with Gasteiger partial charge in [-0.25, -0.2) is 12.8 Å². The maximum Gasteiger partial charge on any atom is 0.309 e. The first kappa shape index (κ1) is 28.2. The molecule has 2 aromatic rings. The zero-order chi connectivity index (χ0) is 29.1. The first-order valence-corrected chi connectivity index (χ1v) is 16.3. The summed E-state index contributed by atoms with van der Waals surface area (Å²) >= 11 is 0. The van der Waals surface area contributed by atoms with Gasteiger partial charge in [0.05, 0.1) is 52.4 Å². The van der Waals surface area contributed by atoms with E-state index in [1.54, 1.807) is 10.6 Å². The smallest absolute Gasteiger partial charge is 0.309 e. The van der Waals surface area contributed by atoms with Crippen LogP contribution in [0.3, 0.4) is 0 Å². The van der Waals surface area contributed by atoms with Gasteiger partial charge in [-0.05, 0) is 62.5 Å². The van der Waals surface area contributed by atoms with Crippen molar-refractivity contribution in [2.45, 2.75) is 102 Å². The number of sulfone groups is 1. The zero-order valence-electron chi connectivity index (χ0n) is 23.6. The van der Waals surface area contributed by atoms with E-state index < -0.39 is 27.0 Å². The van der Waals surface area contributed by atoms with Gasteiger partial charge in [-0.2, -0.15) is 0 Å². The number of nitrogens with two attached hydrogens (primary N) is 1. The van der Waals surface area contributed by atoms with Gasteiger partial charge in [0.15, 0.2) is 9.84 Å². The number of hydrogen-bond donors (Lipinski definition) is 2. The summed E-state index contributed by atoms with van der Waals surface area (Å²) in [7, 11) is -3.57. The fraction of sp³-hybridized carbons (Fsp3) is 0.600. The molecule has 2 fully saturated rings. The number of aromatic nitrogens is 1. The first-order valence-electron chi connectivity index (χ1n) is 14.6. The number of primary amides is 1. The minimum absolute atomic E-state index is 0.0153. The number of benzene rings is 1. The molecule has 2 aliphatic heterocycles. The SMILES string of the molecule is CC1(C)Cc2c(c3c(n2-c2cc(F)c(C(N)=O)c(NC4CCC(OC(=O)C5CCCC5)CC4)c2)COC3)S(=O)(=O)C1. The van der Waals surface area contributed by atoms with Crippen LogP contribution in [-0.2, 0) is 43.7 Å². The largest absolute Gasteiger partial charge is 0.462 e. The Hall–Kier alpha value is -2.92. The molecular formula is C30H38FN3O6S. The van der Waals surface area contributed by atoms with Crippen molar-refractivity contribution in [2.24, 2.45) is 17.1 Å². The predicted molar refractivity (Wildman–Crippen MR) is 150 cm³/mol. The van der Waals surface area contributed by atoms with Crippen LogP contribution >= 0.6 is 0 Å². The third-order valence-corrected chi connectivity index (χ3v) is 11.3. The van der Waals surface area contributed by atoms with Crippen LogP contribution in [0.2, 0.25) is 0 Å². The van der Waals surface area contributed by atoms with Gasteiger partial charge < -0.3 is 25.1 Å². The van der Waals surface area contributed by atoms with Crippen molar-refractivity contribution in [2.75, 3.05) is 11.1 Å². The molecule has 4 aliphatic rings. The van der Waals surface area contributed by atoms with Crippen LogP contribution < -0.4 is 11.1 Å². The first-order chi connectivity index (χ1) is 19.4. The summed E-state index contributed by atoms with van der Waals surface area (Å²) in [5.74, 6) is -1.71. The van der Waals surface area contributed by atoms with Crippen molar-refractivity contribution in [3.63, 3.8) is 0 Å². The predicted octanol–water partition coefficient (Wildman–Crippen LogP) is 4.56. The summed E-state index contributed by atoms with van der Waals surface area (Å²) in [6.07, 6.45) is 7.02. The van der Waals surface area contributed by atoms with E-state index >= 15 is 4.39 Å². The second-order valence-corrected chi connectivity index (χ2v) is 14.8. The fourth-order valence-electron chi connectivity index (χ4n) is 7.24. The Bertz CT molecular complexity index is 1500. The zero-order valence-corrected chi connectivity index (χ0v) is 24.4. The average Bonchev–Trinajstić information content (AvgIpc) is 3.61. The maximum atomic E-state index is 15.6. The van der Waals surface area contributed by atoms with Gasteiger partial charge in [0.1, 0.15) is 11.9 Å². The van der Waals surface area contributed by atoms with Crippen molar-refractivity contribution in [3.05, 3.63) is 40.5 Å². The quantitative estimate of drug-likeness (QED) is 0.474. The molecule has 0 spiro atoms. The average molecular weight is 588 g/mol. The van der Waals surface area contributed by atoms with Crippen molar-refractivity contribution < 1.29 is 31.9 Å². The summed E-state index contributed by atoms with van der Waals surface area (Å²) in [5, 5.41) is 3.34. The van der Waals surface area contributed by atoms with E-state index in [2.05, 4.69) is 5.32 Å². The molecule has 41 heavy (non-hydrogen) atoms. The molecule has 0 unspecified atom stereocenters. The van der Waals surface area contributed by atoms with Crippen LogP contribution in [-0.4, -0.2) is 42.8 Å². The minimum Gasteiger partial charge on any atom is -0.462 e. The fourth-order valence-corrected chi connectivity index (χ4v) is 9.59. The number of esters is 1. The Morgan fingerprint density at radius 1 is 1.07 bits per heavy atom. The summed E-state index contributed by atoms with van der Waals surface area (Å²) in [6, 6.07) is 2.86.